The number of rotatable bonds is 5. The Morgan fingerprint density at radius 1 is 1.38 bits per heavy atom. The number of nitrogens with one attached hydrogen (secondary N) is 1. The second kappa shape index (κ2) is 5.52. The number of halogens is 3. The number of carbonyl (C=O) groups excluding carboxylic acids is 1. The second-order valence-electron chi connectivity index (χ2n) is 4.40. The molecule has 1 atom stereocenters. The van der Waals surface area contributed by atoms with Crippen molar-refractivity contribution >= 4 is 5.91 Å². The number of alkyl halides is 3. The zero-order chi connectivity index (χ0) is 13.0. The van der Waals surface area contributed by atoms with Crippen LogP contribution in [0.2, 0.25) is 0 Å². The molecule has 3 nitrogen and oxygen atoms in total. The molecular formula is C10H18F3NO2. The van der Waals surface area contributed by atoms with E-state index in [-0.39, 0.29) is 12.5 Å². The molecule has 0 spiro atoms. The summed E-state index contributed by atoms with van der Waals surface area (Å²) < 4.78 is 35.4. The van der Waals surface area contributed by atoms with Gasteiger partial charge in [-0.15, -0.1) is 0 Å². The van der Waals surface area contributed by atoms with Crippen molar-refractivity contribution in [2.24, 2.45) is 5.92 Å². The maximum Gasteiger partial charge on any atom is 0.389 e. The van der Waals surface area contributed by atoms with Crippen molar-refractivity contribution in [3.8, 4) is 0 Å². The van der Waals surface area contributed by atoms with Crippen molar-refractivity contribution in [3.05, 3.63) is 0 Å². The third kappa shape index (κ3) is 6.66. The first kappa shape index (κ1) is 15.2. The van der Waals surface area contributed by atoms with E-state index in [4.69, 9.17) is 0 Å². The summed E-state index contributed by atoms with van der Waals surface area (Å²) in [5.41, 5.74) is -1.10. The van der Waals surface area contributed by atoms with Gasteiger partial charge < -0.3 is 10.4 Å². The summed E-state index contributed by atoms with van der Waals surface area (Å²) in [4.78, 5) is 11.0. The average Bonchev–Trinajstić information content (AvgIpc) is 2.10. The Balaban J connectivity index is 3.91. The van der Waals surface area contributed by atoms with Crippen molar-refractivity contribution in [3.63, 3.8) is 0 Å². The molecule has 96 valence electrons. The number of hydrogen-bond acceptors (Lipinski definition) is 2. The Morgan fingerprint density at radius 3 is 2.25 bits per heavy atom. The lowest BCUT2D eigenvalue weighted by molar-refractivity contribution is -0.144. The van der Waals surface area contributed by atoms with Crippen LogP contribution in [-0.4, -0.2) is 29.3 Å². The van der Waals surface area contributed by atoms with Crippen molar-refractivity contribution in [1.82, 2.24) is 5.32 Å². The second-order valence-corrected chi connectivity index (χ2v) is 4.40. The molecule has 0 aromatic carbocycles. The topological polar surface area (TPSA) is 49.3 Å². The molecule has 0 aromatic heterocycles. The smallest absolute Gasteiger partial charge is 0.388 e. The summed E-state index contributed by atoms with van der Waals surface area (Å²) in [6.07, 6.45) is -6.06. The molecule has 0 saturated heterocycles. The largest absolute Gasteiger partial charge is 0.389 e. The molecule has 0 saturated carbocycles. The van der Waals surface area contributed by atoms with E-state index in [0.29, 0.717) is 0 Å². The summed E-state index contributed by atoms with van der Waals surface area (Å²) in [6, 6.07) is 0. The van der Waals surface area contributed by atoms with Gasteiger partial charge >= 0.3 is 6.18 Å². The molecule has 2 N–H and O–H groups in total. The van der Waals surface area contributed by atoms with Crippen LogP contribution in [-0.2, 0) is 4.79 Å². The molecule has 6 heteroatoms. The van der Waals surface area contributed by atoms with E-state index in [0.717, 1.165) is 0 Å². The summed E-state index contributed by atoms with van der Waals surface area (Å²) in [5.74, 6) is -0.784. The predicted molar refractivity (Wildman–Crippen MR) is 53.8 cm³/mol. The molecule has 0 heterocycles. The van der Waals surface area contributed by atoms with Crippen molar-refractivity contribution in [1.29, 1.82) is 0 Å². The van der Waals surface area contributed by atoms with Gasteiger partial charge in [-0.1, -0.05) is 13.8 Å². The van der Waals surface area contributed by atoms with Crippen molar-refractivity contribution in [2.75, 3.05) is 6.54 Å². The van der Waals surface area contributed by atoms with Gasteiger partial charge in [0, 0.05) is 13.0 Å². The van der Waals surface area contributed by atoms with Gasteiger partial charge in [-0.25, -0.2) is 0 Å². The van der Waals surface area contributed by atoms with E-state index in [1.807, 2.05) is 0 Å². The Labute approximate surface area is 93.0 Å². The van der Waals surface area contributed by atoms with Gasteiger partial charge in [0.15, 0.2) is 0 Å². The van der Waals surface area contributed by atoms with Gasteiger partial charge in [0.2, 0.25) is 5.91 Å². The van der Waals surface area contributed by atoms with E-state index in [1.54, 1.807) is 13.8 Å². The monoisotopic (exact) mass is 241 g/mol. The average molecular weight is 241 g/mol. The Kier molecular flexibility index (Phi) is 5.25. The van der Waals surface area contributed by atoms with Gasteiger partial charge in [0.05, 0.1) is 12.0 Å². The first-order valence-electron chi connectivity index (χ1n) is 5.10. The number of amides is 1. The lowest BCUT2D eigenvalue weighted by Gasteiger charge is -2.27. The molecule has 1 amide bonds. The molecule has 0 bridgehead atoms. The minimum atomic E-state index is -4.32. The van der Waals surface area contributed by atoms with E-state index in [1.165, 1.54) is 6.92 Å². The highest BCUT2D eigenvalue weighted by molar-refractivity contribution is 5.75. The molecule has 0 aromatic rings. The third-order valence-corrected chi connectivity index (χ3v) is 2.52. The van der Waals surface area contributed by atoms with Crippen LogP contribution in [0.5, 0.6) is 0 Å². The summed E-state index contributed by atoms with van der Waals surface area (Å²) in [7, 11) is 0. The van der Waals surface area contributed by atoms with Crippen LogP contribution in [0, 0.1) is 5.92 Å². The number of hydrogen-bond donors (Lipinski definition) is 2. The summed E-state index contributed by atoms with van der Waals surface area (Å²) in [5, 5.41) is 12.0. The molecule has 1 unspecified atom stereocenters. The summed E-state index contributed by atoms with van der Waals surface area (Å²) in [6.45, 7) is 5.02. The van der Waals surface area contributed by atoms with Crippen LogP contribution in [0.1, 0.15) is 33.6 Å². The highest BCUT2D eigenvalue weighted by atomic mass is 19.4. The van der Waals surface area contributed by atoms with Gasteiger partial charge in [-0.3, -0.25) is 4.79 Å². The van der Waals surface area contributed by atoms with Gasteiger partial charge in [-0.2, -0.15) is 13.2 Å². The highest BCUT2D eigenvalue weighted by Gasteiger charge is 2.29. The Hall–Kier alpha value is -0.780. The standard InChI is InChI=1S/C10H18F3NO2/c1-7(2)9(3,16)6-14-8(15)4-5-10(11,12)13/h7,16H,4-6H2,1-3H3,(H,14,15). The SMILES string of the molecule is CC(C)C(C)(O)CNC(=O)CCC(F)(F)F. The molecule has 16 heavy (non-hydrogen) atoms. The van der Waals surface area contributed by atoms with Crippen molar-refractivity contribution in [2.45, 2.75) is 45.4 Å². The minimum absolute atomic E-state index is 0.0403. The molecule has 0 radical (unpaired) electrons. The van der Waals surface area contributed by atoms with Crippen LogP contribution >= 0.6 is 0 Å². The fraction of sp³-hybridized carbons (Fsp3) is 0.900. The Bertz CT molecular complexity index is 237. The van der Waals surface area contributed by atoms with E-state index >= 15 is 0 Å². The predicted octanol–water partition coefficient (Wildman–Crippen LogP) is 1.85. The molecule has 0 aliphatic carbocycles. The molecule has 0 aliphatic rings. The zero-order valence-electron chi connectivity index (χ0n) is 9.69. The third-order valence-electron chi connectivity index (χ3n) is 2.52. The first-order chi connectivity index (χ1) is 7.04. The molecule has 0 aliphatic heterocycles. The quantitative estimate of drug-likeness (QED) is 0.771. The highest BCUT2D eigenvalue weighted by Crippen LogP contribution is 2.21. The van der Waals surface area contributed by atoms with Crippen LogP contribution < -0.4 is 5.32 Å². The minimum Gasteiger partial charge on any atom is -0.388 e. The molecule has 0 rings (SSSR count). The maximum absolute atomic E-state index is 11.8. The van der Waals surface area contributed by atoms with E-state index in [9.17, 15) is 23.1 Å². The Morgan fingerprint density at radius 2 is 1.88 bits per heavy atom. The van der Waals surface area contributed by atoms with Crippen LogP contribution in [0.4, 0.5) is 13.2 Å². The van der Waals surface area contributed by atoms with Crippen LogP contribution in [0.3, 0.4) is 0 Å². The summed E-state index contributed by atoms with van der Waals surface area (Å²) >= 11 is 0. The van der Waals surface area contributed by atoms with E-state index in [2.05, 4.69) is 5.32 Å². The van der Waals surface area contributed by atoms with Crippen LogP contribution in [0.15, 0.2) is 0 Å². The first-order valence-corrected chi connectivity index (χ1v) is 5.10. The van der Waals surface area contributed by atoms with Gasteiger partial charge in [0.1, 0.15) is 0 Å². The van der Waals surface area contributed by atoms with E-state index < -0.39 is 30.5 Å². The normalized spacial score (nSPS) is 16.0. The van der Waals surface area contributed by atoms with Crippen molar-refractivity contribution < 1.29 is 23.1 Å². The van der Waals surface area contributed by atoms with Gasteiger partial charge in [-0.05, 0) is 12.8 Å². The van der Waals surface area contributed by atoms with Crippen LogP contribution in [0.25, 0.3) is 0 Å². The number of aliphatic hydroxyl groups is 1. The molecule has 0 fully saturated rings. The number of carbonyl (C=O) groups is 1. The molecular weight excluding hydrogens is 223 g/mol. The zero-order valence-corrected chi connectivity index (χ0v) is 9.69. The lowest BCUT2D eigenvalue weighted by atomic mass is 9.92. The fourth-order valence-corrected chi connectivity index (χ4v) is 0.825. The van der Waals surface area contributed by atoms with Gasteiger partial charge in [0.25, 0.3) is 0 Å². The lowest BCUT2D eigenvalue weighted by Crippen LogP contribution is -2.44. The fourth-order valence-electron chi connectivity index (χ4n) is 0.825. The maximum atomic E-state index is 11.8.